The lowest BCUT2D eigenvalue weighted by molar-refractivity contribution is -0.120. The van der Waals surface area contributed by atoms with Crippen LogP contribution in [0.1, 0.15) is 49.9 Å². The molecule has 21 heavy (non-hydrogen) atoms. The third-order valence-electron chi connectivity index (χ3n) is 3.48. The van der Waals surface area contributed by atoms with Crippen LogP contribution in [0, 0.1) is 5.92 Å². The molecule has 116 valence electrons. The minimum atomic E-state index is -1.07. The zero-order valence-electron chi connectivity index (χ0n) is 12.8. The van der Waals surface area contributed by atoms with Crippen molar-refractivity contribution in [2.45, 2.75) is 39.5 Å². The van der Waals surface area contributed by atoms with Crippen LogP contribution in [0.25, 0.3) is 0 Å². The zero-order chi connectivity index (χ0) is 15.8. The summed E-state index contributed by atoms with van der Waals surface area (Å²) in [6.45, 7) is 4.04. The van der Waals surface area contributed by atoms with Crippen molar-refractivity contribution in [3.05, 3.63) is 23.8 Å². The summed E-state index contributed by atoms with van der Waals surface area (Å²) >= 11 is 0. The molecule has 5 heteroatoms. The standard InChI is InChI=1S/C16H23NO4/c1-4-6-7-11(5-2)15(18)17-14-10-12(21-3)8-9-13(14)16(19)20/h8-11H,4-7H2,1-3H3,(H,17,18)(H,19,20). The van der Waals surface area contributed by atoms with E-state index in [1.165, 1.54) is 19.2 Å². The van der Waals surface area contributed by atoms with Crippen molar-refractivity contribution >= 4 is 17.6 Å². The van der Waals surface area contributed by atoms with Crippen molar-refractivity contribution in [1.82, 2.24) is 0 Å². The summed E-state index contributed by atoms with van der Waals surface area (Å²) in [4.78, 5) is 23.5. The SMILES string of the molecule is CCCCC(CC)C(=O)Nc1cc(OC)ccc1C(=O)O. The molecule has 5 nitrogen and oxygen atoms in total. The molecule has 1 amide bonds. The molecule has 0 fully saturated rings. The Kier molecular flexibility index (Phi) is 6.72. The van der Waals surface area contributed by atoms with Gasteiger partial charge in [0.1, 0.15) is 5.75 Å². The number of amides is 1. The largest absolute Gasteiger partial charge is 0.497 e. The van der Waals surface area contributed by atoms with Gasteiger partial charge < -0.3 is 15.2 Å². The van der Waals surface area contributed by atoms with Gasteiger partial charge in [-0.05, 0) is 25.0 Å². The Morgan fingerprint density at radius 2 is 2.05 bits per heavy atom. The Hall–Kier alpha value is -2.04. The summed E-state index contributed by atoms with van der Waals surface area (Å²) in [6.07, 6.45) is 3.56. The lowest BCUT2D eigenvalue weighted by Gasteiger charge is -2.16. The van der Waals surface area contributed by atoms with Gasteiger partial charge in [-0.2, -0.15) is 0 Å². The van der Waals surface area contributed by atoms with Crippen molar-refractivity contribution in [2.24, 2.45) is 5.92 Å². The monoisotopic (exact) mass is 293 g/mol. The fourth-order valence-corrected chi connectivity index (χ4v) is 2.15. The molecule has 0 saturated carbocycles. The molecule has 0 spiro atoms. The highest BCUT2D eigenvalue weighted by molar-refractivity contribution is 6.01. The second-order valence-corrected chi connectivity index (χ2v) is 4.95. The van der Waals surface area contributed by atoms with Gasteiger partial charge in [0, 0.05) is 12.0 Å². The average Bonchev–Trinajstić information content (AvgIpc) is 2.47. The Morgan fingerprint density at radius 1 is 1.33 bits per heavy atom. The van der Waals surface area contributed by atoms with Crippen LogP contribution in [0.15, 0.2) is 18.2 Å². The third-order valence-corrected chi connectivity index (χ3v) is 3.48. The molecular formula is C16H23NO4. The van der Waals surface area contributed by atoms with Crippen molar-refractivity contribution in [3.8, 4) is 5.75 Å². The molecule has 1 unspecified atom stereocenters. The van der Waals surface area contributed by atoms with Crippen molar-refractivity contribution in [3.63, 3.8) is 0 Å². The van der Waals surface area contributed by atoms with Gasteiger partial charge >= 0.3 is 5.97 Å². The molecule has 1 aromatic rings. The van der Waals surface area contributed by atoms with Crippen molar-refractivity contribution in [2.75, 3.05) is 12.4 Å². The molecule has 0 aliphatic heterocycles. The van der Waals surface area contributed by atoms with Gasteiger partial charge in [-0.25, -0.2) is 4.79 Å². The van der Waals surface area contributed by atoms with Gasteiger partial charge in [-0.3, -0.25) is 4.79 Å². The molecular weight excluding hydrogens is 270 g/mol. The van der Waals surface area contributed by atoms with Crippen LogP contribution in [-0.2, 0) is 4.79 Å². The van der Waals surface area contributed by atoms with Crippen molar-refractivity contribution < 1.29 is 19.4 Å². The van der Waals surface area contributed by atoms with E-state index in [0.29, 0.717) is 5.75 Å². The van der Waals surface area contributed by atoms with E-state index >= 15 is 0 Å². The summed E-state index contributed by atoms with van der Waals surface area (Å²) in [7, 11) is 1.50. The van der Waals surface area contributed by atoms with Crippen LogP contribution in [-0.4, -0.2) is 24.1 Å². The van der Waals surface area contributed by atoms with Crippen LogP contribution < -0.4 is 10.1 Å². The van der Waals surface area contributed by atoms with Crippen LogP contribution in [0.4, 0.5) is 5.69 Å². The second-order valence-electron chi connectivity index (χ2n) is 4.95. The number of nitrogens with one attached hydrogen (secondary N) is 1. The Labute approximate surface area is 125 Å². The van der Waals surface area contributed by atoms with Gasteiger partial charge in [-0.1, -0.05) is 26.7 Å². The number of carbonyl (C=O) groups is 2. The van der Waals surface area contributed by atoms with E-state index in [1.54, 1.807) is 6.07 Å². The molecule has 2 N–H and O–H groups in total. The average molecular weight is 293 g/mol. The number of carboxylic acid groups (broad SMARTS) is 1. The molecule has 0 aliphatic rings. The number of methoxy groups -OCH3 is 1. The summed E-state index contributed by atoms with van der Waals surface area (Å²) < 4.78 is 5.08. The van der Waals surface area contributed by atoms with Crippen LogP contribution in [0.2, 0.25) is 0 Å². The van der Waals surface area contributed by atoms with E-state index < -0.39 is 5.97 Å². The number of anilines is 1. The lowest BCUT2D eigenvalue weighted by Crippen LogP contribution is -2.23. The maximum Gasteiger partial charge on any atom is 0.337 e. The molecule has 1 aromatic carbocycles. The summed E-state index contributed by atoms with van der Waals surface area (Å²) in [5, 5.41) is 11.9. The van der Waals surface area contributed by atoms with E-state index in [2.05, 4.69) is 12.2 Å². The first-order valence-corrected chi connectivity index (χ1v) is 7.25. The summed E-state index contributed by atoms with van der Waals surface area (Å²) in [5.74, 6) is -0.800. The summed E-state index contributed by atoms with van der Waals surface area (Å²) in [6, 6.07) is 4.53. The number of carbonyl (C=O) groups excluding carboxylic acids is 1. The van der Waals surface area contributed by atoms with E-state index in [0.717, 1.165) is 25.7 Å². The zero-order valence-corrected chi connectivity index (χ0v) is 12.8. The number of hydrogen-bond acceptors (Lipinski definition) is 3. The molecule has 1 atom stereocenters. The van der Waals surface area contributed by atoms with Crippen molar-refractivity contribution in [1.29, 1.82) is 0 Å². The lowest BCUT2D eigenvalue weighted by atomic mass is 9.98. The van der Waals surface area contributed by atoms with Crippen LogP contribution in [0.3, 0.4) is 0 Å². The van der Waals surface area contributed by atoms with Gasteiger partial charge in [-0.15, -0.1) is 0 Å². The molecule has 0 aromatic heterocycles. The third kappa shape index (κ3) is 4.77. The highest BCUT2D eigenvalue weighted by atomic mass is 16.5. The Balaban J connectivity index is 2.93. The maximum absolute atomic E-state index is 12.3. The molecule has 0 saturated heterocycles. The predicted octanol–water partition coefficient (Wildman–Crippen LogP) is 3.55. The first-order chi connectivity index (χ1) is 10.0. The Morgan fingerprint density at radius 3 is 2.57 bits per heavy atom. The van der Waals surface area contributed by atoms with Gasteiger partial charge in [0.15, 0.2) is 0 Å². The minimum absolute atomic E-state index is 0.0643. The fourth-order valence-electron chi connectivity index (χ4n) is 2.15. The van der Waals surface area contributed by atoms with Gasteiger partial charge in [0.05, 0.1) is 18.4 Å². The summed E-state index contributed by atoms with van der Waals surface area (Å²) in [5.41, 5.74) is 0.344. The van der Waals surface area contributed by atoms with Crippen LogP contribution >= 0.6 is 0 Å². The molecule has 0 radical (unpaired) electrons. The first kappa shape index (κ1) is 17.0. The van der Waals surface area contributed by atoms with Gasteiger partial charge in [0.25, 0.3) is 0 Å². The number of benzene rings is 1. The topological polar surface area (TPSA) is 75.6 Å². The maximum atomic E-state index is 12.3. The number of hydrogen-bond donors (Lipinski definition) is 2. The minimum Gasteiger partial charge on any atom is -0.497 e. The number of aromatic carboxylic acids is 1. The highest BCUT2D eigenvalue weighted by Crippen LogP contribution is 2.24. The van der Waals surface area contributed by atoms with Gasteiger partial charge in [0.2, 0.25) is 5.91 Å². The van der Waals surface area contributed by atoms with E-state index in [4.69, 9.17) is 4.74 Å². The Bertz CT molecular complexity index is 499. The van der Waals surface area contributed by atoms with E-state index in [-0.39, 0.29) is 23.1 Å². The van der Waals surface area contributed by atoms with E-state index in [1.807, 2.05) is 6.92 Å². The number of carboxylic acids is 1. The molecule has 0 heterocycles. The van der Waals surface area contributed by atoms with E-state index in [9.17, 15) is 14.7 Å². The smallest absolute Gasteiger partial charge is 0.337 e. The predicted molar refractivity (Wildman–Crippen MR) is 81.9 cm³/mol. The molecule has 0 bridgehead atoms. The fraction of sp³-hybridized carbons (Fsp3) is 0.500. The first-order valence-electron chi connectivity index (χ1n) is 7.25. The second kappa shape index (κ2) is 8.29. The quantitative estimate of drug-likeness (QED) is 0.768. The molecule has 0 aliphatic carbocycles. The normalized spacial score (nSPS) is 11.8. The van der Waals surface area contributed by atoms with Crippen LogP contribution in [0.5, 0.6) is 5.75 Å². The number of unbranched alkanes of at least 4 members (excludes halogenated alkanes) is 1. The molecule has 1 rings (SSSR count). The number of ether oxygens (including phenoxy) is 1. The highest BCUT2D eigenvalue weighted by Gasteiger charge is 2.19. The number of rotatable bonds is 8.